The van der Waals surface area contributed by atoms with E-state index in [4.69, 9.17) is 14.7 Å². The zero-order valence-electron chi connectivity index (χ0n) is 32.4. The Kier molecular flexibility index (Phi) is 8.78. The van der Waals surface area contributed by atoms with Crippen LogP contribution in [0.25, 0.3) is 61.7 Å². The fraction of sp³-hybridized carbons (Fsp3) is 0.0364. The van der Waals surface area contributed by atoms with Crippen LogP contribution in [0.5, 0.6) is 11.5 Å². The normalized spacial score (nSPS) is 13.2. The van der Waals surface area contributed by atoms with Crippen molar-refractivity contribution in [3.05, 3.63) is 234 Å². The van der Waals surface area contributed by atoms with E-state index < -0.39 is 5.41 Å². The molecule has 4 heteroatoms. The van der Waals surface area contributed by atoms with Crippen LogP contribution in [-0.4, -0.2) is 9.97 Å². The van der Waals surface area contributed by atoms with Gasteiger partial charge in [0.2, 0.25) is 0 Å². The lowest BCUT2D eigenvalue weighted by Gasteiger charge is -2.39. The summed E-state index contributed by atoms with van der Waals surface area (Å²) in [7, 11) is 0. The monoisotopic (exact) mass is 755 g/mol. The third-order valence-electron chi connectivity index (χ3n) is 11.5. The minimum absolute atomic E-state index is 0.605. The lowest BCUT2D eigenvalue weighted by molar-refractivity contribution is 0.437. The first-order valence-corrected chi connectivity index (χ1v) is 19.7. The molecule has 59 heavy (non-hydrogen) atoms. The lowest BCUT2D eigenvalue weighted by Crippen LogP contribution is -2.32. The molecule has 278 valence electrons. The molecule has 2 aliphatic rings. The number of hydrogen-bond donors (Lipinski definition) is 0. The van der Waals surface area contributed by atoms with Crippen molar-refractivity contribution < 1.29 is 4.74 Å². The highest BCUT2D eigenvalue weighted by atomic mass is 16.5. The summed E-state index contributed by atoms with van der Waals surface area (Å²) in [5.41, 5.74) is 15.7. The van der Waals surface area contributed by atoms with E-state index in [1.54, 1.807) is 6.08 Å². The molecule has 1 spiro atoms. The van der Waals surface area contributed by atoms with Crippen molar-refractivity contribution in [3.8, 4) is 73.7 Å². The number of benzene rings is 7. The van der Waals surface area contributed by atoms with Crippen LogP contribution < -0.4 is 4.74 Å². The molecule has 7 aromatic carbocycles. The number of aromatic nitrogens is 2. The van der Waals surface area contributed by atoms with Gasteiger partial charge in [0, 0.05) is 27.8 Å². The zero-order chi connectivity index (χ0) is 39.9. The SMILES string of the molecule is C=C/C=C\C=C(/C)c1cccc(-c2cc(-c3ccccc3)nc(-c3ccc4c(c3)Oc3cc(-c5cccc(C#N)c5)ccc3C43c4ccccc4-c4ccccc43)n2)c1. The topological polar surface area (TPSA) is 58.8 Å². The van der Waals surface area contributed by atoms with Gasteiger partial charge in [0.1, 0.15) is 11.5 Å². The summed E-state index contributed by atoms with van der Waals surface area (Å²) in [6.07, 6.45) is 7.79. The van der Waals surface area contributed by atoms with Crippen molar-refractivity contribution in [3.63, 3.8) is 0 Å². The summed E-state index contributed by atoms with van der Waals surface area (Å²) in [6.45, 7) is 5.90. The highest BCUT2D eigenvalue weighted by Crippen LogP contribution is 2.62. The molecule has 0 bridgehead atoms. The lowest BCUT2D eigenvalue weighted by atomic mass is 9.66. The van der Waals surface area contributed by atoms with Gasteiger partial charge in [-0.3, -0.25) is 0 Å². The molecule has 0 atom stereocenters. The van der Waals surface area contributed by atoms with Gasteiger partial charge < -0.3 is 4.74 Å². The summed E-state index contributed by atoms with van der Waals surface area (Å²) in [5, 5.41) is 9.70. The largest absolute Gasteiger partial charge is 0.457 e. The average Bonchev–Trinajstić information content (AvgIpc) is 3.59. The Bertz CT molecular complexity index is 3030. The predicted octanol–water partition coefficient (Wildman–Crippen LogP) is 13.6. The van der Waals surface area contributed by atoms with Gasteiger partial charge in [-0.15, -0.1) is 0 Å². The van der Waals surface area contributed by atoms with Gasteiger partial charge in [0.05, 0.1) is 28.4 Å². The van der Waals surface area contributed by atoms with Crippen LogP contribution in [0.2, 0.25) is 0 Å². The van der Waals surface area contributed by atoms with E-state index in [9.17, 15) is 5.26 Å². The second-order valence-corrected chi connectivity index (χ2v) is 14.9. The number of hydrogen-bond acceptors (Lipinski definition) is 4. The first-order chi connectivity index (χ1) is 29.0. The van der Waals surface area contributed by atoms with Gasteiger partial charge in [0.25, 0.3) is 0 Å². The van der Waals surface area contributed by atoms with Crippen LogP contribution in [-0.2, 0) is 5.41 Å². The van der Waals surface area contributed by atoms with Gasteiger partial charge >= 0.3 is 0 Å². The van der Waals surface area contributed by atoms with E-state index in [1.807, 2.05) is 54.6 Å². The number of fused-ring (bicyclic) bond motifs is 9. The Morgan fingerprint density at radius 2 is 1.15 bits per heavy atom. The number of nitriles is 1. The standard InChI is InChI=1S/C55H37N3O/c1-3-4-6-15-36(2)39-19-14-21-42(31-39)51-34-50(38-17-7-5-8-18-38)57-54(58-51)43-27-29-49-53(33-43)59-52-32-41(40-20-13-16-37(30-40)35-56)26-28-48(52)55(49)46-24-11-9-22-44(46)45-23-10-12-25-47(45)55/h3-34H,1H2,2H3/b6-4-,36-15+. The van der Waals surface area contributed by atoms with Crippen molar-refractivity contribution in [2.24, 2.45) is 0 Å². The van der Waals surface area contributed by atoms with Gasteiger partial charge in [-0.05, 0) is 87.8 Å². The van der Waals surface area contributed by atoms with E-state index in [1.165, 1.54) is 22.3 Å². The van der Waals surface area contributed by atoms with E-state index in [0.29, 0.717) is 11.4 Å². The fourth-order valence-corrected chi connectivity index (χ4v) is 8.78. The van der Waals surface area contributed by atoms with E-state index >= 15 is 0 Å². The Morgan fingerprint density at radius 3 is 1.86 bits per heavy atom. The zero-order valence-corrected chi connectivity index (χ0v) is 32.4. The minimum atomic E-state index is -0.633. The van der Waals surface area contributed by atoms with Gasteiger partial charge in [-0.2, -0.15) is 5.26 Å². The second kappa shape index (κ2) is 14.6. The summed E-state index contributed by atoms with van der Waals surface area (Å²) in [6, 6.07) is 61.2. The molecule has 0 radical (unpaired) electrons. The van der Waals surface area contributed by atoms with Crippen molar-refractivity contribution in [1.82, 2.24) is 9.97 Å². The van der Waals surface area contributed by atoms with Gasteiger partial charge in [0.15, 0.2) is 5.82 Å². The first kappa shape index (κ1) is 35.5. The minimum Gasteiger partial charge on any atom is -0.457 e. The molecule has 0 saturated carbocycles. The average molecular weight is 756 g/mol. The van der Waals surface area contributed by atoms with Crippen LogP contribution in [0.15, 0.2) is 201 Å². The molecule has 8 aromatic rings. The Labute approximate surface area is 344 Å². The molecule has 1 aliphatic carbocycles. The van der Waals surface area contributed by atoms with Crippen molar-refractivity contribution in [2.75, 3.05) is 0 Å². The number of ether oxygens (including phenoxy) is 1. The summed E-state index contributed by atoms with van der Waals surface area (Å²) in [5.74, 6) is 2.12. The molecule has 10 rings (SSSR count). The second-order valence-electron chi connectivity index (χ2n) is 14.9. The molecule has 4 nitrogen and oxygen atoms in total. The Balaban J connectivity index is 1.17. The first-order valence-electron chi connectivity index (χ1n) is 19.7. The van der Waals surface area contributed by atoms with Gasteiger partial charge in [-0.1, -0.05) is 164 Å². The highest BCUT2D eigenvalue weighted by molar-refractivity contribution is 5.89. The molecule has 2 heterocycles. The smallest absolute Gasteiger partial charge is 0.160 e. The maximum atomic E-state index is 9.70. The Morgan fingerprint density at radius 1 is 0.559 bits per heavy atom. The molecule has 1 aliphatic heterocycles. The fourth-order valence-electron chi connectivity index (χ4n) is 8.78. The van der Waals surface area contributed by atoms with Crippen molar-refractivity contribution in [2.45, 2.75) is 12.3 Å². The quantitative estimate of drug-likeness (QED) is 0.152. The van der Waals surface area contributed by atoms with Gasteiger partial charge in [-0.25, -0.2) is 9.97 Å². The maximum Gasteiger partial charge on any atom is 0.160 e. The third kappa shape index (κ3) is 6.00. The Hall–Kier alpha value is -7.87. The summed E-state index contributed by atoms with van der Waals surface area (Å²) < 4.78 is 7.05. The van der Waals surface area contributed by atoms with E-state index in [2.05, 4.69) is 153 Å². The molecule has 0 amide bonds. The van der Waals surface area contributed by atoms with Crippen molar-refractivity contribution >= 4 is 5.57 Å². The number of rotatable bonds is 7. The highest BCUT2D eigenvalue weighted by Gasteiger charge is 2.51. The molecule has 0 saturated heterocycles. The molecule has 0 N–H and O–H groups in total. The summed E-state index contributed by atoms with van der Waals surface area (Å²) >= 11 is 0. The number of allylic oxidation sites excluding steroid dienone is 5. The van der Waals surface area contributed by atoms with Crippen LogP contribution in [0, 0.1) is 11.3 Å². The van der Waals surface area contributed by atoms with Crippen LogP contribution in [0.4, 0.5) is 0 Å². The molecular weight excluding hydrogens is 719 g/mol. The summed E-state index contributed by atoms with van der Waals surface area (Å²) in [4.78, 5) is 10.5. The third-order valence-corrected chi connectivity index (χ3v) is 11.5. The molecule has 0 fully saturated rings. The molecule has 1 aromatic heterocycles. The maximum absolute atomic E-state index is 9.70. The van der Waals surface area contributed by atoms with Crippen LogP contribution in [0.1, 0.15) is 40.3 Å². The number of nitrogens with zero attached hydrogens (tertiary/aromatic N) is 3. The molecule has 0 unspecified atom stereocenters. The van der Waals surface area contributed by atoms with Crippen LogP contribution >= 0.6 is 0 Å². The van der Waals surface area contributed by atoms with Crippen LogP contribution in [0.3, 0.4) is 0 Å². The predicted molar refractivity (Wildman–Crippen MR) is 239 cm³/mol. The molecular formula is C55H37N3O. The van der Waals surface area contributed by atoms with Crippen molar-refractivity contribution in [1.29, 1.82) is 5.26 Å². The van der Waals surface area contributed by atoms with E-state index in [0.717, 1.165) is 73.0 Å². The van der Waals surface area contributed by atoms with E-state index in [-0.39, 0.29) is 0 Å².